The highest BCUT2D eigenvalue weighted by molar-refractivity contribution is 7.98. The molecule has 1 aromatic carbocycles. The van der Waals surface area contributed by atoms with Crippen molar-refractivity contribution in [2.75, 3.05) is 12.8 Å². The number of benzene rings is 1. The van der Waals surface area contributed by atoms with E-state index in [1.165, 1.54) is 11.0 Å². The predicted molar refractivity (Wildman–Crippen MR) is 92.9 cm³/mol. The van der Waals surface area contributed by atoms with Crippen LogP contribution in [0.4, 0.5) is 4.39 Å². The molecule has 0 saturated carbocycles. The Morgan fingerprint density at radius 1 is 1.30 bits per heavy atom. The number of amides is 1. The lowest BCUT2D eigenvalue weighted by Crippen LogP contribution is -2.27. The van der Waals surface area contributed by atoms with Crippen LogP contribution in [0.25, 0.3) is 0 Å². The van der Waals surface area contributed by atoms with Crippen molar-refractivity contribution >= 4 is 29.3 Å². The lowest BCUT2D eigenvalue weighted by molar-refractivity contribution is -0.129. The smallest absolute Gasteiger partial charge is 0.223 e. The van der Waals surface area contributed by atoms with Crippen molar-refractivity contribution in [1.82, 2.24) is 9.88 Å². The Kier molecular flexibility index (Phi) is 6.86. The summed E-state index contributed by atoms with van der Waals surface area (Å²) < 4.78 is 13.7. The highest BCUT2D eigenvalue weighted by atomic mass is 35.5. The van der Waals surface area contributed by atoms with Gasteiger partial charge in [-0.15, -0.1) is 0 Å². The highest BCUT2D eigenvalue weighted by Crippen LogP contribution is 2.21. The molecule has 0 spiro atoms. The van der Waals surface area contributed by atoms with Gasteiger partial charge in [-0.3, -0.25) is 9.78 Å². The summed E-state index contributed by atoms with van der Waals surface area (Å²) in [5.74, 6) is 1.06. The van der Waals surface area contributed by atoms with E-state index in [1.807, 2.05) is 18.2 Å². The molecule has 0 radical (unpaired) electrons. The molecule has 0 unspecified atom stereocenters. The third kappa shape index (κ3) is 5.52. The van der Waals surface area contributed by atoms with E-state index in [2.05, 4.69) is 4.98 Å². The van der Waals surface area contributed by atoms with Gasteiger partial charge in [0, 0.05) is 48.3 Å². The monoisotopic (exact) mass is 352 g/mol. The van der Waals surface area contributed by atoms with Gasteiger partial charge < -0.3 is 4.90 Å². The highest BCUT2D eigenvalue weighted by Gasteiger charge is 2.14. The SMILES string of the molecule is CN(Cc1c(F)cccc1Cl)C(=O)CCSCc1ccccn1. The molecule has 0 aliphatic rings. The first-order chi connectivity index (χ1) is 11.1. The zero-order valence-corrected chi connectivity index (χ0v) is 14.4. The Hall–Kier alpha value is -1.59. The van der Waals surface area contributed by atoms with Crippen LogP contribution in [0.15, 0.2) is 42.6 Å². The van der Waals surface area contributed by atoms with Gasteiger partial charge in [-0.2, -0.15) is 11.8 Å². The molecule has 0 aliphatic heterocycles. The number of carbonyl (C=O) groups excluding carboxylic acids is 1. The fourth-order valence-corrected chi connectivity index (χ4v) is 3.09. The van der Waals surface area contributed by atoms with Crippen molar-refractivity contribution in [2.24, 2.45) is 0 Å². The van der Waals surface area contributed by atoms with E-state index in [4.69, 9.17) is 11.6 Å². The average Bonchev–Trinajstić information content (AvgIpc) is 2.55. The Balaban J connectivity index is 1.77. The number of aromatic nitrogens is 1. The van der Waals surface area contributed by atoms with Crippen molar-refractivity contribution in [1.29, 1.82) is 0 Å². The first-order valence-corrected chi connectivity index (χ1v) is 8.75. The number of thioether (sulfide) groups is 1. The van der Waals surface area contributed by atoms with E-state index in [1.54, 1.807) is 37.1 Å². The van der Waals surface area contributed by atoms with Crippen LogP contribution in [0.1, 0.15) is 17.7 Å². The zero-order chi connectivity index (χ0) is 16.7. The third-order valence-electron chi connectivity index (χ3n) is 3.32. The summed E-state index contributed by atoms with van der Waals surface area (Å²) in [5.41, 5.74) is 1.35. The summed E-state index contributed by atoms with van der Waals surface area (Å²) in [5, 5.41) is 0.342. The largest absolute Gasteiger partial charge is 0.341 e. The number of carbonyl (C=O) groups is 1. The molecule has 1 amide bonds. The summed E-state index contributed by atoms with van der Waals surface area (Å²) >= 11 is 7.64. The molecule has 0 N–H and O–H groups in total. The molecular weight excluding hydrogens is 335 g/mol. The van der Waals surface area contributed by atoms with E-state index in [-0.39, 0.29) is 18.3 Å². The molecule has 0 fully saturated rings. The van der Waals surface area contributed by atoms with E-state index in [9.17, 15) is 9.18 Å². The minimum absolute atomic E-state index is 0.0298. The van der Waals surface area contributed by atoms with Gasteiger partial charge in [-0.1, -0.05) is 23.7 Å². The first-order valence-electron chi connectivity index (χ1n) is 7.22. The number of pyridine rings is 1. The maximum absolute atomic E-state index is 13.7. The molecule has 2 rings (SSSR count). The van der Waals surface area contributed by atoms with Crippen LogP contribution in [0.3, 0.4) is 0 Å². The van der Waals surface area contributed by atoms with E-state index >= 15 is 0 Å². The quantitative estimate of drug-likeness (QED) is 0.702. The molecule has 6 heteroatoms. The van der Waals surface area contributed by atoms with Crippen LogP contribution in [0.2, 0.25) is 5.02 Å². The van der Waals surface area contributed by atoms with Crippen LogP contribution < -0.4 is 0 Å². The number of nitrogens with zero attached hydrogens (tertiary/aromatic N) is 2. The molecule has 0 bridgehead atoms. The molecule has 23 heavy (non-hydrogen) atoms. The minimum atomic E-state index is -0.387. The average molecular weight is 353 g/mol. The number of hydrogen-bond donors (Lipinski definition) is 0. The van der Waals surface area contributed by atoms with E-state index < -0.39 is 0 Å². The van der Waals surface area contributed by atoms with Crippen LogP contribution in [-0.2, 0) is 17.1 Å². The molecule has 0 aliphatic carbocycles. The van der Waals surface area contributed by atoms with Crippen LogP contribution >= 0.6 is 23.4 Å². The zero-order valence-electron chi connectivity index (χ0n) is 12.8. The van der Waals surface area contributed by atoms with Crippen LogP contribution in [-0.4, -0.2) is 28.6 Å². The fraction of sp³-hybridized carbons (Fsp3) is 0.294. The van der Waals surface area contributed by atoms with E-state index in [0.29, 0.717) is 22.8 Å². The van der Waals surface area contributed by atoms with Crippen molar-refractivity contribution in [2.45, 2.75) is 18.7 Å². The molecular formula is C17H18ClFN2OS. The predicted octanol–water partition coefficient (Wildman–Crippen LogP) is 4.16. The number of rotatable bonds is 7. The lowest BCUT2D eigenvalue weighted by atomic mass is 10.2. The second-order valence-electron chi connectivity index (χ2n) is 5.07. The van der Waals surface area contributed by atoms with Crippen LogP contribution in [0.5, 0.6) is 0 Å². The Bertz CT molecular complexity index is 634. The van der Waals surface area contributed by atoms with Gasteiger partial charge in [-0.25, -0.2) is 4.39 Å². The lowest BCUT2D eigenvalue weighted by Gasteiger charge is -2.18. The first kappa shape index (κ1) is 17.8. The summed E-state index contributed by atoms with van der Waals surface area (Å²) in [6, 6.07) is 10.3. The molecule has 0 saturated heterocycles. The number of halogens is 2. The number of hydrogen-bond acceptors (Lipinski definition) is 3. The molecule has 1 heterocycles. The second-order valence-corrected chi connectivity index (χ2v) is 6.59. The summed E-state index contributed by atoms with van der Waals surface area (Å²) in [6.45, 7) is 0.176. The normalized spacial score (nSPS) is 10.6. The minimum Gasteiger partial charge on any atom is -0.341 e. The molecule has 2 aromatic rings. The Labute approximate surface area is 144 Å². The third-order valence-corrected chi connectivity index (χ3v) is 4.67. The summed E-state index contributed by atoms with van der Waals surface area (Å²) in [4.78, 5) is 17.9. The van der Waals surface area contributed by atoms with Gasteiger partial charge in [0.2, 0.25) is 5.91 Å². The van der Waals surface area contributed by atoms with Gasteiger partial charge in [0.15, 0.2) is 0 Å². The maximum Gasteiger partial charge on any atom is 0.223 e. The second kappa shape index (κ2) is 8.89. The standard InChI is InChI=1S/C17H18ClFN2OS/c1-21(11-14-15(18)6-4-7-16(14)19)17(22)8-10-23-12-13-5-2-3-9-20-13/h2-7,9H,8,10-12H2,1H3. The summed E-state index contributed by atoms with van der Waals surface area (Å²) in [7, 11) is 1.66. The van der Waals surface area contributed by atoms with E-state index in [0.717, 1.165) is 11.4 Å². The van der Waals surface area contributed by atoms with Crippen molar-refractivity contribution in [3.05, 3.63) is 64.7 Å². The van der Waals surface area contributed by atoms with Crippen LogP contribution in [0, 0.1) is 5.82 Å². The van der Waals surface area contributed by atoms with Gasteiger partial charge >= 0.3 is 0 Å². The van der Waals surface area contributed by atoms with Crippen molar-refractivity contribution in [3.63, 3.8) is 0 Å². The van der Waals surface area contributed by atoms with Gasteiger partial charge in [0.05, 0.1) is 5.69 Å². The summed E-state index contributed by atoms with van der Waals surface area (Å²) in [6.07, 6.45) is 2.16. The van der Waals surface area contributed by atoms with Gasteiger partial charge in [0.25, 0.3) is 0 Å². The molecule has 0 atom stereocenters. The Morgan fingerprint density at radius 3 is 2.83 bits per heavy atom. The Morgan fingerprint density at radius 2 is 2.13 bits per heavy atom. The maximum atomic E-state index is 13.7. The molecule has 1 aromatic heterocycles. The van der Waals surface area contributed by atoms with Crippen molar-refractivity contribution in [3.8, 4) is 0 Å². The fourth-order valence-electron chi connectivity index (χ4n) is 2.02. The topological polar surface area (TPSA) is 33.2 Å². The van der Waals surface area contributed by atoms with Gasteiger partial charge in [0.1, 0.15) is 5.82 Å². The molecule has 122 valence electrons. The van der Waals surface area contributed by atoms with Gasteiger partial charge in [-0.05, 0) is 24.3 Å². The van der Waals surface area contributed by atoms with Crippen molar-refractivity contribution < 1.29 is 9.18 Å². The molecule has 3 nitrogen and oxygen atoms in total.